The van der Waals surface area contributed by atoms with Gasteiger partial charge in [0.1, 0.15) is 4.90 Å². The molecule has 0 spiro atoms. The molecule has 1 aliphatic rings. The third kappa shape index (κ3) is 4.44. The Morgan fingerprint density at radius 2 is 1.86 bits per heavy atom. The molecule has 0 aromatic heterocycles. The van der Waals surface area contributed by atoms with E-state index in [2.05, 4.69) is 10.6 Å². The summed E-state index contributed by atoms with van der Waals surface area (Å²) in [6.07, 6.45) is 0.942. The van der Waals surface area contributed by atoms with Gasteiger partial charge < -0.3 is 10.6 Å². The van der Waals surface area contributed by atoms with Gasteiger partial charge in [0.15, 0.2) is 0 Å². The number of benzene rings is 2. The molecule has 7 nitrogen and oxygen atoms in total. The van der Waals surface area contributed by atoms with Gasteiger partial charge in [0.2, 0.25) is 15.9 Å². The zero-order valence-electron chi connectivity index (χ0n) is 16.2. The minimum Gasteiger partial charge on any atom is -0.326 e. The van der Waals surface area contributed by atoms with Crippen LogP contribution in [-0.4, -0.2) is 37.6 Å². The third-order valence-corrected chi connectivity index (χ3v) is 7.31. The van der Waals surface area contributed by atoms with E-state index in [0.717, 1.165) is 5.56 Å². The van der Waals surface area contributed by atoms with Crippen LogP contribution in [-0.2, 0) is 21.2 Å². The summed E-state index contributed by atoms with van der Waals surface area (Å²) >= 11 is 6.13. The number of nitrogens with zero attached hydrogens (tertiary/aromatic N) is 1. The van der Waals surface area contributed by atoms with E-state index in [-0.39, 0.29) is 21.7 Å². The smallest absolute Gasteiger partial charge is 0.255 e. The molecule has 0 unspecified atom stereocenters. The fourth-order valence-electron chi connectivity index (χ4n) is 3.21. The summed E-state index contributed by atoms with van der Waals surface area (Å²) in [5, 5.41) is 5.59. The number of aryl methyl sites for hydroxylation is 1. The highest BCUT2D eigenvalue weighted by atomic mass is 35.5. The molecule has 2 amide bonds. The fraction of sp³-hybridized carbons (Fsp3) is 0.300. The van der Waals surface area contributed by atoms with Crippen LogP contribution in [0, 0.1) is 0 Å². The number of hydrogen-bond acceptors (Lipinski definition) is 4. The number of nitrogens with one attached hydrogen (secondary N) is 2. The molecule has 1 aliphatic heterocycles. The number of halogens is 1. The summed E-state index contributed by atoms with van der Waals surface area (Å²) in [6, 6.07) is 9.42. The standard InChI is InChI=1S/C20H22ClN3O4S/c1-3-24(4-2)29(27,28)18-12-15(7-8-16(18)21)22-20(26)14-5-9-17-13(11-14)6-10-19(25)23-17/h5,7-9,11-12H,3-4,6,10H2,1-2H3,(H,22,26)(H,23,25). The second-order valence-electron chi connectivity index (χ2n) is 6.61. The molecule has 0 saturated carbocycles. The SMILES string of the molecule is CCN(CC)S(=O)(=O)c1cc(NC(=O)c2ccc3c(c2)CCC(=O)N3)ccc1Cl. The van der Waals surface area contributed by atoms with Crippen LogP contribution in [0.1, 0.15) is 36.2 Å². The Bertz CT molecular complexity index is 1070. The number of fused-ring (bicyclic) bond motifs is 1. The summed E-state index contributed by atoms with van der Waals surface area (Å²) in [7, 11) is -3.76. The summed E-state index contributed by atoms with van der Waals surface area (Å²) in [4.78, 5) is 24.1. The lowest BCUT2D eigenvalue weighted by Gasteiger charge is -2.20. The molecular weight excluding hydrogens is 414 g/mol. The Hall–Kier alpha value is -2.42. The lowest BCUT2D eigenvalue weighted by Crippen LogP contribution is -2.30. The van der Waals surface area contributed by atoms with E-state index in [1.165, 1.54) is 16.4 Å². The van der Waals surface area contributed by atoms with Crippen LogP contribution in [0.2, 0.25) is 5.02 Å². The maximum absolute atomic E-state index is 12.8. The van der Waals surface area contributed by atoms with Crippen molar-refractivity contribution in [3.63, 3.8) is 0 Å². The van der Waals surface area contributed by atoms with Crippen molar-refractivity contribution in [2.24, 2.45) is 0 Å². The number of hydrogen-bond donors (Lipinski definition) is 2. The Kier molecular flexibility index (Phi) is 6.26. The van der Waals surface area contributed by atoms with Gasteiger partial charge in [-0.3, -0.25) is 9.59 Å². The van der Waals surface area contributed by atoms with Crippen LogP contribution in [0.15, 0.2) is 41.3 Å². The van der Waals surface area contributed by atoms with E-state index in [4.69, 9.17) is 11.6 Å². The molecule has 2 N–H and O–H groups in total. The maximum atomic E-state index is 12.8. The summed E-state index contributed by atoms with van der Waals surface area (Å²) in [5.74, 6) is -0.420. The van der Waals surface area contributed by atoms with Crippen molar-refractivity contribution in [3.05, 3.63) is 52.5 Å². The van der Waals surface area contributed by atoms with Crippen LogP contribution < -0.4 is 10.6 Å². The van der Waals surface area contributed by atoms with E-state index >= 15 is 0 Å². The molecule has 0 fully saturated rings. The Morgan fingerprint density at radius 3 is 2.55 bits per heavy atom. The molecule has 9 heteroatoms. The number of amides is 2. The minimum absolute atomic E-state index is 0.0437. The Morgan fingerprint density at radius 1 is 1.14 bits per heavy atom. The topological polar surface area (TPSA) is 95.6 Å². The van der Waals surface area contributed by atoms with Gasteiger partial charge in [-0.15, -0.1) is 0 Å². The van der Waals surface area contributed by atoms with Gasteiger partial charge in [-0.2, -0.15) is 4.31 Å². The molecule has 0 aliphatic carbocycles. The number of anilines is 2. The normalized spacial score (nSPS) is 13.7. The van der Waals surface area contributed by atoms with Gasteiger partial charge in [-0.1, -0.05) is 25.4 Å². The highest BCUT2D eigenvalue weighted by molar-refractivity contribution is 7.89. The zero-order chi connectivity index (χ0) is 21.2. The van der Waals surface area contributed by atoms with Crippen LogP contribution in [0.5, 0.6) is 0 Å². The highest BCUT2D eigenvalue weighted by Crippen LogP contribution is 2.28. The van der Waals surface area contributed by atoms with Crippen LogP contribution >= 0.6 is 11.6 Å². The van der Waals surface area contributed by atoms with Gasteiger partial charge in [-0.05, 0) is 48.4 Å². The first-order chi connectivity index (χ1) is 13.8. The van der Waals surface area contributed by atoms with Crippen molar-refractivity contribution in [2.45, 2.75) is 31.6 Å². The molecule has 1 heterocycles. The zero-order valence-corrected chi connectivity index (χ0v) is 17.7. The second-order valence-corrected chi connectivity index (χ2v) is 8.92. The molecule has 0 radical (unpaired) electrons. The van der Waals surface area contributed by atoms with Crippen molar-refractivity contribution in [3.8, 4) is 0 Å². The summed E-state index contributed by atoms with van der Waals surface area (Å²) in [5.41, 5.74) is 2.34. The molecular formula is C20H22ClN3O4S. The van der Waals surface area contributed by atoms with E-state index in [9.17, 15) is 18.0 Å². The molecule has 0 saturated heterocycles. The number of carbonyl (C=O) groups is 2. The highest BCUT2D eigenvalue weighted by Gasteiger charge is 2.25. The van der Waals surface area contributed by atoms with E-state index < -0.39 is 10.0 Å². The Balaban J connectivity index is 1.86. The number of sulfonamides is 1. The van der Waals surface area contributed by atoms with E-state index in [0.29, 0.717) is 42.9 Å². The van der Waals surface area contributed by atoms with Crippen molar-refractivity contribution in [1.29, 1.82) is 0 Å². The molecule has 2 aromatic carbocycles. The second kappa shape index (κ2) is 8.52. The maximum Gasteiger partial charge on any atom is 0.255 e. The predicted octanol–water partition coefficient (Wildman–Crippen LogP) is 3.51. The first kappa shape index (κ1) is 21.3. The molecule has 0 bridgehead atoms. The quantitative estimate of drug-likeness (QED) is 0.725. The monoisotopic (exact) mass is 435 g/mol. The van der Waals surface area contributed by atoms with Gasteiger partial charge >= 0.3 is 0 Å². The number of rotatable bonds is 6. The predicted molar refractivity (Wildman–Crippen MR) is 113 cm³/mol. The molecule has 3 rings (SSSR count). The van der Waals surface area contributed by atoms with Gasteiger partial charge in [0, 0.05) is 36.4 Å². The fourth-order valence-corrected chi connectivity index (χ4v) is 5.17. The minimum atomic E-state index is -3.76. The van der Waals surface area contributed by atoms with Crippen LogP contribution in [0.3, 0.4) is 0 Å². The Labute approximate surface area is 175 Å². The summed E-state index contributed by atoms with van der Waals surface area (Å²) < 4.78 is 26.9. The number of carbonyl (C=O) groups excluding carboxylic acids is 2. The van der Waals surface area contributed by atoms with Gasteiger partial charge in [-0.25, -0.2) is 8.42 Å². The third-order valence-electron chi connectivity index (χ3n) is 4.78. The largest absolute Gasteiger partial charge is 0.326 e. The van der Waals surface area contributed by atoms with E-state index in [1.54, 1.807) is 38.1 Å². The lowest BCUT2D eigenvalue weighted by atomic mass is 10.00. The van der Waals surface area contributed by atoms with Crippen molar-refractivity contribution in [2.75, 3.05) is 23.7 Å². The summed E-state index contributed by atoms with van der Waals surface area (Å²) in [6.45, 7) is 4.13. The van der Waals surface area contributed by atoms with Gasteiger partial charge in [0.25, 0.3) is 5.91 Å². The van der Waals surface area contributed by atoms with Crippen molar-refractivity contribution in [1.82, 2.24) is 4.31 Å². The lowest BCUT2D eigenvalue weighted by molar-refractivity contribution is -0.116. The van der Waals surface area contributed by atoms with Crippen molar-refractivity contribution >= 4 is 44.8 Å². The average molecular weight is 436 g/mol. The molecule has 154 valence electrons. The van der Waals surface area contributed by atoms with Gasteiger partial charge in [0.05, 0.1) is 5.02 Å². The molecule has 29 heavy (non-hydrogen) atoms. The first-order valence-corrected chi connectivity index (χ1v) is 11.1. The molecule has 2 aromatic rings. The van der Waals surface area contributed by atoms with E-state index in [1.807, 2.05) is 0 Å². The first-order valence-electron chi connectivity index (χ1n) is 9.30. The van der Waals surface area contributed by atoms with Crippen LogP contribution in [0.4, 0.5) is 11.4 Å². The average Bonchev–Trinajstić information content (AvgIpc) is 2.69. The van der Waals surface area contributed by atoms with Crippen molar-refractivity contribution < 1.29 is 18.0 Å². The van der Waals surface area contributed by atoms with Crippen LogP contribution in [0.25, 0.3) is 0 Å². The molecule has 0 atom stereocenters.